The Bertz CT molecular complexity index is 1200. The summed E-state index contributed by atoms with van der Waals surface area (Å²) in [7, 11) is 0. The molecule has 0 saturated heterocycles. The van der Waals surface area contributed by atoms with Crippen LogP contribution < -0.4 is 9.47 Å². The average Bonchev–Trinajstić information content (AvgIpc) is 3.00. The van der Waals surface area contributed by atoms with Crippen LogP contribution in [0.15, 0.2) is 84.9 Å². The molecule has 3 rings (SSSR count). The van der Waals surface area contributed by atoms with E-state index in [4.69, 9.17) is 14.2 Å². The normalized spacial score (nSPS) is 12.7. The predicted molar refractivity (Wildman–Crippen MR) is 166 cm³/mol. The summed E-state index contributed by atoms with van der Waals surface area (Å²) in [5.74, 6) is 0.580. The number of carbonyl (C=O) groups excluding carboxylic acids is 2. The molecule has 2 unspecified atom stereocenters. The Morgan fingerprint density at radius 3 is 2.02 bits per heavy atom. The van der Waals surface area contributed by atoms with Gasteiger partial charge >= 0.3 is 5.97 Å². The number of allylic oxidation sites excluding steroid dienone is 1. The van der Waals surface area contributed by atoms with E-state index in [1.807, 2.05) is 18.2 Å². The Balaban J connectivity index is 1.50. The smallest absolute Gasteiger partial charge is 0.343 e. The fraction of sp³-hybridized carbons (Fsp3) is 0.389. The van der Waals surface area contributed by atoms with Crippen molar-refractivity contribution in [2.75, 3.05) is 0 Å². The van der Waals surface area contributed by atoms with Crippen molar-refractivity contribution in [3.8, 4) is 11.5 Å². The molecule has 0 fully saturated rings. The fourth-order valence-electron chi connectivity index (χ4n) is 4.28. The van der Waals surface area contributed by atoms with Crippen LogP contribution in [0.4, 0.5) is 0 Å². The second-order valence-corrected chi connectivity index (χ2v) is 10.4. The predicted octanol–water partition coefficient (Wildman–Crippen LogP) is 9.46. The van der Waals surface area contributed by atoms with Gasteiger partial charge in [0.2, 0.25) is 0 Å². The molecule has 0 aromatic heterocycles. The molecule has 3 aromatic rings. The monoisotopic (exact) mass is 556 g/mol. The van der Waals surface area contributed by atoms with E-state index in [-0.39, 0.29) is 18.2 Å². The highest BCUT2D eigenvalue weighted by Gasteiger charge is 2.15. The minimum Gasteiger partial charge on any atom is -0.465 e. The average molecular weight is 557 g/mol. The molecule has 0 aliphatic carbocycles. The zero-order chi connectivity index (χ0) is 29.3. The molecular formula is C36H44O5. The van der Waals surface area contributed by atoms with Gasteiger partial charge in [0.1, 0.15) is 11.5 Å². The van der Waals surface area contributed by atoms with E-state index in [0.29, 0.717) is 22.6 Å². The summed E-state index contributed by atoms with van der Waals surface area (Å²) in [6.45, 7) is 6.40. The van der Waals surface area contributed by atoms with Gasteiger partial charge in [-0.15, -0.1) is 0 Å². The van der Waals surface area contributed by atoms with Crippen LogP contribution in [-0.4, -0.2) is 24.1 Å². The maximum absolute atomic E-state index is 12.7. The Kier molecular flexibility index (Phi) is 13.9. The van der Waals surface area contributed by atoms with Gasteiger partial charge in [-0.1, -0.05) is 101 Å². The first-order valence-electron chi connectivity index (χ1n) is 15.0. The highest BCUT2D eigenvalue weighted by atomic mass is 16.7. The Labute approximate surface area is 245 Å². The largest absolute Gasteiger partial charge is 0.465 e. The summed E-state index contributed by atoms with van der Waals surface area (Å²) in [4.78, 5) is 25.0. The second kappa shape index (κ2) is 17.9. The van der Waals surface area contributed by atoms with Crippen LogP contribution >= 0.6 is 0 Å². The van der Waals surface area contributed by atoms with Crippen molar-refractivity contribution in [3.63, 3.8) is 0 Å². The molecule has 3 aromatic carbocycles. The molecule has 0 bridgehead atoms. The zero-order valence-electron chi connectivity index (χ0n) is 24.7. The van der Waals surface area contributed by atoms with Gasteiger partial charge in [-0.05, 0) is 67.8 Å². The summed E-state index contributed by atoms with van der Waals surface area (Å²) < 4.78 is 17.8. The summed E-state index contributed by atoms with van der Waals surface area (Å²) >= 11 is 0. The van der Waals surface area contributed by atoms with Crippen molar-refractivity contribution in [1.29, 1.82) is 0 Å². The van der Waals surface area contributed by atoms with E-state index in [9.17, 15) is 9.59 Å². The number of hydrogen-bond donors (Lipinski definition) is 0. The lowest BCUT2D eigenvalue weighted by atomic mass is 10.1. The van der Waals surface area contributed by atoms with E-state index in [0.717, 1.165) is 24.8 Å². The summed E-state index contributed by atoms with van der Waals surface area (Å²) in [6.07, 6.45) is 13.5. The molecule has 5 heteroatoms. The highest BCUT2D eigenvalue weighted by Crippen LogP contribution is 2.21. The maximum Gasteiger partial charge on any atom is 0.343 e. The van der Waals surface area contributed by atoms with Crippen LogP contribution in [0.5, 0.6) is 11.5 Å². The van der Waals surface area contributed by atoms with Crippen molar-refractivity contribution >= 4 is 17.8 Å². The van der Waals surface area contributed by atoms with Gasteiger partial charge in [-0.3, -0.25) is 4.79 Å². The summed E-state index contributed by atoms with van der Waals surface area (Å²) in [5.41, 5.74) is 1.90. The minimum atomic E-state index is -0.449. The molecule has 0 N–H and O–H groups in total. The van der Waals surface area contributed by atoms with Gasteiger partial charge in [-0.25, -0.2) is 4.79 Å². The van der Waals surface area contributed by atoms with Crippen molar-refractivity contribution in [2.24, 2.45) is 0 Å². The van der Waals surface area contributed by atoms with Crippen LogP contribution in [0.25, 0.3) is 6.08 Å². The van der Waals surface area contributed by atoms with Crippen LogP contribution in [0.3, 0.4) is 0 Å². The lowest BCUT2D eigenvalue weighted by Gasteiger charge is -2.23. The third-order valence-electron chi connectivity index (χ3n) is 6.94. The zero-order valence-corrected chi connectivity index (χ0v) is 24.7. The molecule has 5 nitrogen and oxygen atoms in total. The van der Waals surface area contributed by atoms with Gasteiger partial charge in [0.05, 0.1) is 11.7 Å². The first-order chi connectivity index (χ1) is 20.0. The minimum absolute atomic E-state index is 0.0657. The van der Waals surface area contributed by atoms with E-state index < -0.39 is 5.97 Å². The van der Waals surface area contributed by atoms with Crippen molar-refractivity contribution < 1.29 is 23.8 Å². The third-order valence-corrected chi connectivity index (χ3v) is 6.94. The molecule has 0 aliphatic heterocycles. The van der Waals surface area contributed by atoms with Crippen molar-refractivity contribution in [3.05, 3.63) is 102 Å². The number of hydrogen-bond acceptors (Lipinski definition) is 5. The molecule has 0 spiro atoms. The van der Waals surface area contributed by atoms with Gasteiger partial charge in [0, 0.05) is 12.0 Å². The number of ether oxygens (including phenoxy) is 3. The van der Waals surface area contributed by atoms with Gasteiger partial charge < -0.3 is 14.2 Å². The topological polar surface area (TPSA) is 61.8 Å². The van der Waals surface area contributed by atoms with E-state index in [1.54, 1.807) is 66.7 Å². The molecule has 218 valence electrons. The van der Waals surface area contributed by atoms with Gasteiger partial charge in [0.15, 0.2) is 12.1 Å². The quantitative estimate of drug-likeness (QED) is 0.0390. The first kappa shape index (κ1) is 31.8. The Morgan fingerprint density at radius 2 is 1.37 bits per heavy atom. The van der Waals surface area contributed by atoms with E-state index in [1.165, 1.54) is 44.6 Å². The molecular weight excluding hydrogens is 512 g/mol. The van der Waals surface area contributed by atoms with Crippen LogP contribution in [0, 0.1) is 0 Å². The highest BCUT2D eigenvalue weighted by molar-refractivity contribution is 6.06. The first-order valence-corrected chi connectivity index (χ1v) is 15.0. The number of unbranched alkanes of at least 4 members (excludes halogenated alkanes) is 6. The van der Waals surface area contributed by atoms with Gasteiger partial charge in [0.25, 0.3) is 0 Å². The molecule has 0 radical (unpaired) electrons. The molecule has 41 heavy (non-hydrogen) atoms. The summed E-state index contributed by atoms with van der Waals surface area (Å²) in [5, 5.41) is 0. The maximum atomic E-state index is 12.7. The van der Waals surface area contributed by atoms with Crippen molar-refractivity contribution in [2.45, 2.75) is 91.0 Å². The SMILES string of the molecule is CCCCCCCCCC(Oc1ccc(C(=O)Oc2ccc(C=CC(=O)c3ccccc3)cc2)cc1)OC(C)CC. The molecule has 0 heterocycles. The van der Waals surface area contributed by atoms with E-state index in [2.05, 4.69) is 20.8 Å². The number of ketones is 1. The third kappa shape index (κ3) is 11.7. The van der Waals surface area contributed by atoms with Gasteiger partial charge in [-0.2, -0.15) is 0 Å². The molecule has 2 atom stereocenters. The summed E-state index contributed by atoms with van der Waals surface area (Å²) in [6, 6.07) is 23.1. The number of carbonyl (C=O) groups is 2. The standard InChI is InChI=1S/C36H44O5/c1-4-6-7-8-9-10-14-17-35(39-28(3)5-2)40-32-25-21-31(22-26-32)36(38)41-33-23-18-29(19-24-33)20-27-34(37)30-15-12-11-13-16-30/h11-13,15-16,18-28,35H,4-10,14,17H2,1-3H3. The van der Waals surface area contributed by atoms with Crippen molar-refractivity contribution in [1.82, 2.24) is 0 Å². The molecule has 0 aliphatic rings. The van der Waals surface area contributed by atoms with Crippen LogP contribution in [0.1, 0.15) is 105 Å². The number of rotatable bonds is 18. The molecule has 0 saturated carbocycles. The molecule has 0 amide bonds. The Hall–Kier alpha value is -3.70. The van der Waals surface area contributed by atoms with E-state index >= 15 is 0 Å². The van der Waals surface area contributed by atoms with Crippen LogP contribution in [-0.2, 0) is 4.74 Å². The Morgan fingerprint density at radius 1 is 0.732 bits per heavy atom. The van der Waals surface area contributed by atoms with Crippen LogP contribution in [0.2, 0.25) is 0 Å². The second-order valence-electron chi connectivity index (χ2n) is 10.4. The number of esters is 1. The lowest BCUT2D eigenvalue weighted by Crippen LogP contribution is -2.25. The lowest BCUT2D eigenvalue weighted by molar-refractivity contribution is -0.118. The number of benzene rings is 3. The fourth-order valence-corrected chi connectivity index (χ4v) is 4.28.